The van der Waals surface area contributed by atoms with Gasteiger partial charge in [-0.15, -0.1) is 11.3 Å². The standard InChI is InChI=1S/C19H21N3O3S/c1-13(23)16-11-14-12-21(8-9-22(14)20-16)19(24)7-5-15-4-6-17(25-15)18-3-2-10-26-18/h2-4,6,10-11,13,23H,5,7-9,12H2,1H3. The highest BCUT2D eigenvalue weighted by molar-refractivity contribution is 7.13. The molecule has 4 heterocycles. The molecule has 1 amide bonds. The second-order valence-electron chi connectivity index (χ2n) is 6.52. The van der Waals surface area contributed by atoms with Crippen molar-refractivity contribution in [2.75, 3.05) is 6.54 Å². The molecule has 4 rings (SSSR count). The van der Waals surface area contributed by atoms with Gasteiger partial charge in [0.15, 0.2) is 0 Å². The molecule has 0 saturated heterocycles. The van der Waals surface area contributed by atoms with E-state index in [0.717, 1.165) is 22.1 Å². The fraction of sp³-hybridized carbons (Fsp3) is 0.368. The van der Waals surface area contributed by atoms with E-state index in [-0.39, 0.29) is 5.91 Å². The van der Waals surface area contributed by atoms with Gasteiger partial charge in [-0.3, -0.25) is 9.48 Å². The van der Waals surface area contributed by atoms with Gasteiger partial charge in [0.05, 0.1) is 35.5 Å². The Kier molecular flexibility index (Phi) is 4.65. The maximum Gasteiger partial charge on any atom is 0.223 e. The summed E-state index contributed by atoms with van der Waals surface area (Å²) < 4.78 is 7.73. The number of thiophene rings is 1. The molecule has 0 saturated carbocycles. The Morgan fingerprint density at radius 3 is 3.04 bits per heavy atom. The van der Waals surface area contributed by atoms with Crippen molar-refractivity contribution in [2.24, 2.45) is 0 Å². The molecule has 1 N–H and O–H groups in total. The summed E-state index contributed by atoms with van der Waals surface area (Å²) in [4.78, 5) is 15.5. The molecular weight excluding hydrogens is 350 g/mol. The van der Waals surface area contributed by atoms with Gasteiger partial charge in [0.1, 0.15) is 11.5 Å². The lowest BCUT2D eigenvalue weighted by molar-refractivity contribution is -0.132. The van der Waals surface area contributed by atoms with E-state index in [2.05, 4.69) is 5.10 Å². The molecule has 0 aromatic carbocycles. The van der Waals surface area contributed by atoms with Crippen molar-refractivity contribution >= 4 is 17.2 Å². The van der Waals surface area contributed by atoms with Gasteiger partial charge in [-0.25, -0.2) is 0 Å². The lowest BCUT2D eigenvalue weighted by atomic mass is 10.2. The minimum Gasteiger partial charge on any atom is -0.460 e. The number of aryl methyl sites for hydroxylation is 1. The Morgan fingerprint density at radius 1 is 1.38 bits per heavy atom. The number of carbonyl (C=O) groups is 1. The summed E-state index contributed by atoms with van der Waals surface area (Å²) in [5, 5.41) is 16.1. The van der Waals surface area contributed by atoms with Gasteiger partial charge in [-0.1, -0.05) is 6.07 Å². The summed E-state index contributed by atoms with van der Waals surface area (Å²) in [6, 6.07) is 9.81. The average Bonchev–Trinajstić information content (AvgIpc) is 3.38. The van der Waals surface area contributed by atoms with Crippen molar-refractivity contribution in [3.05, 3.63) is 52.9 Å². The van der Waals surface area contributed by atoms with Crippen molar-refractivity contribution < 1.29 is 14.3 Å². The van der Waals surface area contributed by atoms with Crippen molar-refractivity contribution in [1.29, 1.82) is 0 Å². The molecular formula is C19H21N3O3S. The van der Waals surface area contributed by atoms with Crippen LogP contribution in [0.25, 0.3) is 10.6 Å². The molecule has 0 aliphatic carbocycles. The summed E-state index contributed by atoms with van der Waals surface area (Å²) >= 11 is 1.64. The first-order valence-corrected chi connectivity index (χ1v) is 9.63. The van der Waals surface area contributed by atoms with Crippen LogP contribution in [-0.4, -0.2) is 32.2 Å². The van der Waals surface area contributed by atoms with Gasteiger partial charge < -0.3 is 14.4 Å². The van der Waals surface area contributed by atoms with Gasteiger partial charge in [0, 0.05) is 19.4 Å². The third-order valence-electron chi connectivity index (χ3n) is 4.61. The Bertz CT molecular complexity index is 895. The predicted octanol–water partition coefficient (Wildman–Crippen LogP) is 3.23. The number of aromatic nitrogens is 2. The SMILES string of the molecule is CC(O)c1cc2n(n1)CCN(C(=O)CCc1ccc(-c3cccs3)o1)C2. The van der Waals surface area contributed by atoms with Gasteiger partial charge in [-0.2, -0.15) is 5.10 Å². The number of rotatable bonds is 5. The Hall–Kier alpha value is -2.38. The second kappa shape index (κ2) is 7.09. The number of aliphatic hydroxyl groups is 1. The van der Waals surface area contributed by atoms with E-state index < -0.39 is 6.10 Å². The van der Waals surface area contributed by atoms with Crippen LogP contribution in [-0.2, 0) is 24.3 Å². The summed E-state index contributed by atoms with van der Waals surface area (Å²) in [5.74, 6) is 1.81. The summed E-state index contributed by atoms with van der Waals surface area (Å²) in [6.45, 7) is 3.55. The van der Waals surface area contributed by atoms with Crippen LogP contribution in [0.4, 0.5) is 0 Å². The van der Waals surface area contributed by atoms with Crippen LogP contribution in [0.3, 0.4) is 0 Å². The van der Waals surface area contributed by atoms with E-state index in [1.165, 1.54) is 0 Å². The highest BCUT2D eigenvalue weighted by Crippen LogP contribution is 2.27. The maximum absolute atomic E-state index is 12.6. The van der Waals surface area contributed by atoms with Gasteiger partial charge in [-0.05, 0) is 36.6 Å². The molecule has 136 valence electrons. The summed E-state index contributed by atoms with van der Waals surface area (Å²) in [6.07, 6.45) is 0.432. The lowest BCUT2D eigenvalue weighted by Crippen LogP contribution is -2.38. The van der Waals surface area contributed by atoms with Crippen LogP contribution >= 0.6 is 11.3 Å². The van der Waals surface area contributed by atoms with E-state index in [1.54, 1.807) is 18.3 Å². The number of fused-ring (bicyclic) bond motifs is 1. The van der Waals surface area contributed by atoms with Crippen LogP contribution < -0.4 is 0 Å². The Balaban J connectivity index is 1.35. The predicted molar refractivity (Wildman–Crippen MR) is 98.6 cm³/mol. The minimum absolute atomic E-state index is 0.116. The Morgan fingerprint density at radius 2 is 2.27 bits per heavy atom. The van der Waals surface area contributed by atoms with Crippen LogP contribution in [0.1, 0.15) is 36.6 Å². The first-order valence-electron chi connectivity index (χ1n) is 8.75. The van der Waals surface area contributed by atoms with Crippen LogP contribution in [0.15, 0.2) is 40.1 Å². The van der Waals surface area contributed by atoms with Crippen LogP contribution in [0, 0.1) is 0 Å². The first-order chi connectivity index (χ1) is 12.6. The van der Waals surface area contributed by atoms with E-state index in [1.807, 2.05) is 45.3 Å². The molecule has 1 aliphatic heterocycles. The number of aliphatic hydroxyl groups excluding tert-OH is 1. The second-order valence-corrected chi connectivity index (χ2v) is 7.47. The summed E-state index contributed by atoms with van der Waals surface area (Å²) in [5.41, 5.74) is 1.63. The quantitative estimate of drug-likeness (QED) is 0.747. The minimum atomic E-state index is -0.589. The monoisotopic (exact) mass is 371 g/mol. The van der Waals surface area contributed by atoms with Crippen LogP contribution in [0.5, 0.6) is 0 Å². The van der Waals surface area contributed by atoms with Gasteiger partial charge in [0.2, 0.25) is 5.91 Å². The first kappa shape index (κ1) is 17.1. The molecule has 1 atom stereocenters. The topological polar surface area (TPSA) is 71.5 Å². The molecule has 6 nitrogen and oxygen atoms in total. The molecule has 3 aromatic rings. The molecule has 1 aliphatic rings. The fourth-order valence-corrected chi connectivity index (χ4v) is 3.84. The molecule has 26 heavy (non-hydrogen) atoms. The molecule has 7 heteroatoms. The molecule has 1 unspecified atom stereocenters. The zero-order valence-corrected chi connectivity index (χ0v) is 15.4. The third-order valence-corrected chi connectivity index (χ3v) is 5.49. The van der Waals surface area contributed by atoms with Crippen LogP contribution in [0.2, 0.25) is 0 Å². The van der Waals surface area contributed by atoms with Gasteiger partial charge >= 0.3 is 0 Å². The van der Waals surface area contributed by atoms with Crippen molar-refractivity contribution in [3.63, 3.8) is 0 Å². The maximum atomic E-state index is 12.6. The highest BCUT2D eigenvalue weighted by atomic mass is 32.1. The van der Waals surface area contributed by atoms with Crippen molar-refractivity contribution in [2.45, 2.75) is 39.0 Å². The van der Waals surface area contributed by atoms with Crippen molar-refractivity contribution in [3.8, 4) is 10.6 Å². The van der Waals surface area contributed by atoms with Gasteiger partial charge in [0.25, 0.3) is 0 Å². The zero-order valence-electron chi connectivity index (χ0n) is 14.6. The summed E-state index contributed by atoms with van der Waals surface area (Å²) in [7, 11) is 0. The van der Waals surface area contributed by atoms with Crippen molar-refractivity contribution in [1.82, 2.24) is 14.7 Å². The number of furan rings is 1. The molecule has 0 bridgehead atoms. The fourth-order valence-electron chi connectivity index (χ4n) is 3.16. The third kappa shape index (κ3) is 3.45. The normalized spacial score (nSPS) is 15.1. The molecule has 0 spiro atoms. The molecule has 3 aromatic heterocycles. The molecule has 0 fully saturated rings. The number of hydrogen-bond donors (Lipinski definition) is 1. The highest BCUT2D eigenvalue weighted by Gasteiger charge is 2.23. The lowest BCUT2D eigenvalue weighted by Gasteiger charge is -2.27. The number of nitrogens with zero attached hydrogens (tertiary/aromatic N) is 3. The van der Waals surface area contributed by atoms with E-state index in [9.17, 15) is 9.90 Å². The van der Waals surface area contributed by atoms with E-state index >= 15 is 0 Å². The average molecular weight is 371 g/mol. The van der Waals surface area contributed by atoms with E-state index in [0.29, 0.717) is 38.2 Å². The van der Waals surface area contributed by atoms with E-state index in [4.69, 9.17) is 4.42 Å². The smallest absolute Gasteiger partial charge is 0.223 e. The number of hydrogen-bond acceptors (Lipinski definition) is 5. The molecule has 0 radical (unpaired) electrons. The zero-order chi connectivity index (χ0) is 18.1. The number of amides is 1. The largest absolute Gasteiger partial charge is 0.460 e. The Labute approximate surface area is 155 Å². The number of carbonyl (C=O) groups excluding carboxylic acids is 1.